The van der Waals surface area contributed by atoms with Gasteiger partial charge >= 0.3 is 0 Å². The SMILES string of the molecule is O=C(N[C@H]1CCN(Cc2cc3ccccc3nc2Cl)C1)[C@@H]1CCCCN1c1nc2ccccc2o1. The second-order valence-corrected chi connectivity index (χ2v) is 9.89. The van der Waals surface area contributed by atoms with E-state index in [1.54, 1.807) is 0 Å². The number of benzene rings is 2. The summed E-state index contributed by atoms with van der Waals surface area (Å²) in [5.74, 6) is 0.0595. The molecule has 0 aliphatic carbocycles. The van der Waals surface area contributed by atoms with E-state index < -0.39 is 0 Å². The number of piperidine rings is 1. The van der Waals surface area contributed by atoms with Crippen LogP contribution in [-0.2, 0) is 11.3 Å². The summed E-state index contributed by atoms with van der Waals surface area (Å²) in [6, 6.07) is 18.3. The monoisotopic (exact) mass is 489 g/mol. The number of rotatable bonds is 5. The molecule has 35 heavy (non-hydrogen) atoms. The first-order valence-electron chi connectivity index (χ1n) is 12.3. The minimum absolute atomic E-state index is 0.0595. The van der Waals surface area contributed by atoms with E-state index in [2.05, 4.69) is 32.3 Å². The van der Waals surface area contributed by atoms with Crippen LogP contribution in [0.25, 0.3) is 22.0 Å². The number of anilines is 1. The van der Waals surface area contributed by atoms with Crippen molar-refractivity contribution in [1.29, 1.82) is 0 Å². The van der Waals surface area contributed by atoms with Gasteiger partial charge in [0.1, 0.15) is 16.7 Å². The Balaban J connectivity index is 1.11. The van der Waals surface area contributed by atoms with Crippen LogP contribution < -0.4 is 10.2 Å². The van der Waals surface area contributed by atoms with Gasteiger partial charge in [-0.15, -0.1) is 0 Å². The molecule has 0 unspecified atom stereocenters. The van der Waals surface area contributed by atoms with Gasteiger partial charge in [0.15, 0.2) is 5.58 Å². The summed E-state index contributed by atoms with van der Waals surface area (Å²) in [7, 11) is 0. The van der Waals surface area contributed by atoms with E-state index in [0.29, 0.717) is 11.2 Å². The first-order chi connectivity index (χ1) is 17.1. The number of hydrogen-bond acceptors (Lipinski definition) is 6. The Bertz CT molecular complexity index is 1340. The van der Waals surface area contributed by atoms with Crippen LogP contribution in [-0.4, -0.2) is 52.5 Å². The summed E-state index contributed by atoms with van der Waals surface area (Å²) in [6.07, 6.45) is 3.78. The third-order valence-corrected chi connectivity index (χ3v) is 7.42. The molecule has 4 aromatic rings. The van der Waals surface area contributed by atoms with Crippen molar-refractivity contribution < 1.29 is 9.21 Å². The van der Waals surface area contributed by atoms with E-state index >= 15 is 0 Å². The highest BCUT2D eigenvalue weighted by Gasteiger charge is 2.34. The Hall–Kier alpha value is -3.16. The molecule has 2 aliphatic rings. The molecule has 180 valence electrons. The molecular weight excluding hydrogens is 462 g/mol. The van der Waals surface area contributed by atoms with Crippen molar-refractivity contribution >= 4 is 45.5 Å². The summed E-state index contributed by atoms with van der Waals surface area (Å²) < 4.78 is 5.99. The number of amides is 1. The number of halogens is 1. The number of carbonyl (C=O) groups is 1. The number of likely N-dealkylation sites (tertiary alicyclic amines) is 1. The Morgan fingerprint density at radius 3 is 2.74 bits per heavy atom. The molecular formula is C27H28ClN5O2. The number of carbonyl (C=O) groups excluding carboxylic acids is 1. The van der Waals surface area contributed by atoms with E-state index in [-0.39, 0.29) is 18.0 Å². The Morgan fingerprint density at radius 2 is 1.86 bits per heavy atom. The van der Waals surface area contributed by atoms with Crippen LogP contribution in [0.4, 0.5) is 6.01 Å². The fourth-order valence-electron chi connectivity index (χ4n) is 5.30. The van der Waals surface area contributed by atoms with Crippen LogP contribution in [0.5, 0.6) is 0 Å². The number of fused-ring (bicyclic) bond motifs is 2. The second-order valence-electron chi connectivity index (χ2n) is 9.53. The lowest BCUT2D eigenvalue weighted by atomic mass is 10.0. The van der Waals surface area contributed by atoms with E-state index in [9.17, 15) is 4.79 Å². The van der Waals surface area contributed by atoms with Crippen LogP contribution in [0.2, 0.25) is 5.15 Å². The van der Waals surface area contributed by atoms with Crippen molar-refractivity contribution in [2.24, 2.45) is 0 Å². The molecule has 2 aliphatic heterocycles. The lowest BCUT2D eigenvalue weighted by Gasteiger charge is -2.34. The Kier molecular flexibility index (Phi) is 6.04. The van der Waals surface area contributed by atoms with Gasteiger partial charge in [-0.2, -0.15) is 4.98 Å². The molecule has 2 aromatic carbocycles. The molecule has 6 rings (SSSR count). The summed E-state index contributed by atoms with van der Waals surface area (Å²) >= 11 is 6.48. The molecule has 0 saturated carbocycles. The van der Waals surface area contributed by atoms with Crippen LogP contribution in [0.3, 0.4) is 0 Å². The van der Waals surface area contributed by atoms with Crippen molar-refractivity contribution in [2.75, 3.05) is 24.5 Å². The molecule has 0 bridgehead atoms. The maximum absolute atomic E-state index is 13.3. The van der Waals surface area contributed by atoms with Gasteiger partial charge in [-0.3, -0.25) is 9.69 Å². The molecule has 1 amide bonds. The predicted molar refractivity (Wildman–Crippen MR) is 138 cm³/mol. The quantitative estimate of drug-likeness (QED) is 0.407. The minimum atomic E-state index is -0.259. The van der Waals surface area contributed by atoms with Crippen LogP contribution in [0.1, 0.15) is 31.2 Å². The van der Waals surface area contributed by atoms with Gasteiger partial charge < -0.3 is 14.6 Å². The number of nitrogens with zero attached hydrogens (tertiary/aromatic N) is 4. The molecule has 4 heterocycles. The normalized spacial score (nSPS) is 21.1. The van der Waals surface area contributed by atoms with Crippen molar-refractivity contribution in [3.05, 3.63) is 65.3 Å². The van der Waals surface area contributed by atoms with Crippen molar-refractivity contribution in [3.63, 3.8) is 0 Å². The van der Waals surface area contributed by atoms with Crippen LogP contribution in [0.15, 0.2) is 59.0 Å². The molecule has 0 spiro atoms. The summed E-state index contributed by atoms with van der Waals surface area (Å²) in [6.45, 7) is 3.20. The van der Waals surface area contributed by atoms with Gasteiger partial charge in [-0.05, 0) is 49.9 Å². The summed E-state index contributed by atoms with van der Waals surface area (Å²) in [5, 5.41) is 4.94. The molecule has 8 heteroatoms. The number of hydrogen-bond donors (Lipinski definition) is 1. The fraction of sp³-hybridized carbons (Fsp3) is 0.370. The van der Waals surface area contributed by atoms with E-state index in [0.717, 1.165) is 79.4 Å². The number of pyridine rings is 1. The zero-order valence-electron chi connectivity index (χ0n) is 19.5. The van der Waals surface area contributed by atoms with Crippen molar-refractivity contribution in [1.82, 2.24) is 20.2 Å². The second kappa shape index (κ2) is 9.47. The number of aromatic nitrogens is 2. The minimum Gasteiger partial charge on any atom is -0.423 e. The summed E-state index contributed by atoms with van der Waals surface area (Å²) in [4.78, 5) is 26.9. The van der Waals surface area contributed by atoms with E-state index in [4.69, 9.17) is 16.0 Å². The van der Waals surface area contributed by atoms with Gasteiger partial charge in [0.25, 0.3) is 6.01 Å². The smallest absolute Gasteiger partial charge is 0.299 e. The Labute approximate surface area is 209 Å². The average Bonchev–Trinajstić information content (AvgIpc) is 3.51. The van der Waals surface area contributed by atoms with Crippen molar-refractivity contribution in [2.45, 2.75) is 44.3 Å². The third kappa shape index (κ3) is 4.58. The highest BCUT2D eigenvalue weighted by atomic mass is 35.5. The molecule has 2 atom stereocenters. The topological polar surface area (TPSA) is 74.5 Å². The maximum Gasteiger partial charge on any atom is 0.299 e. The van der Waals surface area contributed by atoms with Crippen LogP contribution >= 0.6 is 11.6 Å². The zero-order chi connectivity index (χ0) is 23.8. The largest absolute Gasteiger partial charge is 0.423 e. The van der Waals surface area contributed by atoms with E-state index in [1.165, 1.54) is 0 Å². The highest BCUT2D eigenvalue weighted by Crippen LogP contribution is 2.28. The molecule has 7 nitrogen and oxygen atoms in total. The standard InChI is InChI=1S/C27H28ClN5O2/c28-25-19(15-18-7-1-2-8-21(18)30-25)16-32-14-12-20(17-32)29-26(34)23-10-5-6-13-33(23)27-31-22-9-3-4-11-24(22)35-27/h1-4,7-9,11,15,20,23H,5-6,10,12-14,16-17H2,(H,29,34)/t20-,23-/m0/s1. The zero-order valence-corrected chi connectivity index (χ0v) is 20.2. The number of nitrogens with one attached hydrogen (secondary N) is 1. The van der Waals surface area contributed by atoms with Gasteiger partial charge in [-0.25, -0.2) is 4.98 Å². The maximum atomic E-state index is 13.3. The molecule has 1 N–H and O–H groups in total. The number of para-hydroxylation sites is 3. The lowest BCUT2D eigenvalue weighted by Crippen LogP contribution is -2.52. The third-order valence-electron chi connectivity index (χ3n) is 7.10. The van der Waals surface area contributed by atoms with Crippen molar-refractivity contribution in [3.8, 4) is 0 Å². The van der Waals surface area contributed by atoms with E-state index in [1.807, 2.05) is 47.4 Å². The van der Waals surface area contributed by atoms with Gasteiger partial charge in [0.05, 0.1) is 5.52 Å². The predicted octanol–water partition coefficient (Wildman–Crippen LogP) is 4.78. The fourth-order valence-corrected chi connectivity index (χ4v) is 5.50. The first-order valence-corrected chi connectivity index (χ1v) is 12.7. The van der Waals surface area contributed by atoms with Gasteiger partial charge in [0.2, 0.25) is 5.91 Å². The number of oxazole rings is 1. The molecule has 0 radical (unpaired) electrons. The molecule has 2 saturated heterocycles. The Morgan fingerprint density at radius 1 is 1.03 bits per heavy atom. The van der Waals surface area contributed by atoms with Gasteiger partial charge in [0, 0.05) is 43.2 Å². The first kappa shape index (κ1) is 22.3. The molecule has 2 aromatic heterocycles. The molecule has 2 fully saturated rings. The summed E-state index contributed by atoms with van der Waals surface area (Å²) in [5.41, 5.74) is 3.50. The average molecular weight is 490 g/mol. The van der Waals surface area contributed by atoms with Gasteiger partial charge in [-0.1, -0.05) is 41.9 Å². The van der Waals surface area contributed by atoms with Crippen LogP contribution in [0, 0.1) is 0 Å². The highest BCUT2D eigenvalue weighted by molar-refractivity contribution is 6.30. The lowest BCUT2D eigenvalue weighted by molar-refractivity contribution is -0.123.